The molecule has 20 heavy (non-hydrogen) atoms. The zero-order chi connectivity index (χ0) is 14.8. The van der Waals surface area contributed by atoms with E-state index in [1.165, 1.54) is 6.26 Å². The molecule has 2 N–H and O–H groups in total. The van der Waals surface area contributed by atoms with Crippen LogP contribution in [0.4, 0.5) is 5.69 Å². The van der Waals surface area contributed by atoms with E-state index in [9.17, 15) is 13.5 Å². The minimum absolute atomic E-state index is 0.219. The first-order valence-electron chi connectivity index (χ1n) is 6.19. The smallest absolute Gasteiger partial charge is 0.175 e. The summed E-state index contributed by atoms with van der Waals surface area (Å²) >= 11 is 0. The first-order chi connectivity index (χ1) is 9.38. The lowest BCUT2D eigenvalue weighted by molar-refractivity contribution is 0.469. The van der Waals surface area contributed by atoms with E-state index in [0.717, 1.165) is 16.8 Å². The summed E-state index contributed by atoms with van der Waals surface area (Å²) in [4.78, 5) is 0.280. The Morgan fingerprint density at radius 1 is 1.15 bits per heavy atom. The quantitative estimate of drug-likeness (QED) is 0.909. The van der Waals surface area contributed by atoms with Gasteiger partial charge in [0.1, 0.15) is 5.75 Å². The second-order valence-electron chi connectivity index (χ2n) is 4.73. The van der Waals surface area contributed by atoms with E-state index in [0.29, 0.717) is 6.54 Å². The van der Waals surface area contributed by atoms with Crippen molar-refractivity contribution >= 4 is 15.5 Å². The van der Waals surface area contributed by atoms with Crippen LogP contribution < -0.4 is 5.32 Å². The summed E-state index contributed by atoms with van der Waals surface area (Å²) in [5.41, 5.74) is 2.46. The van der Waals surface area contributed by atoms with E-state index in [2.05, 4.69) is 5.32 Å². The molecule has 0 aromatic heterocycles. The number of hydrogen-bond donors (Lipinski definition) is 2. The molecule has 0 aliphatic heterocycles. The van der Waals surface area contributed by atoms with Gasteiger partial charge in [0, 0.05) is 24.1 Å². The van der Waals surface area contributed by atoms with Gasteiger partial charge in [0.2, 0.25) is 0 Å². The highest BCUT2D eigenvalue weighted by Crippen LogP contribution is 2.22. The van der Waals surface area contributed by atoms with Crippen molar-refractivity contribution in [2.45, 2.75) is 18.4 Å². The maximum Gasteiger partial charge on any atom is 0.175 e. The van der Waals surface area contributed by atoms with Crippen LogP contribution >= 0.6 is 0 Å². The monoisotopic (exact) mass is 291 g/mol. The second-order valence-corrected chi connectivity index (χ2v) is 6.75. The predicted octanol–water partition coefficient (Wildman–Crippen LogP) is 2.72. The van der Waals surface area contributed by atoms with Crippen molar-refractivity contribution in [3.8, 4) is 5.75 Å². The number of nitrogens with one attached hydrogen (secondary N) is 1. The molecule has 0 fully saturated rings. The van der Waals surface area contributed by atoms with Gasteiger partial charge >= 0.3 is 0 Å². The Morgan fingerprint density at radius 3 is 2.50 bits per heavy atom. The molecule has 0 bridgehead atoms. The number of aromatic hydroxyl groups is 1. The van der Waals surface area contributed by atoms with Crippen LogP contribution in [-0.4, -0.2) is 19.8 Å². The summed E-state index contributed by atoms with van der Waals surface area (Å²) in [5, 5.41) is 12.9. The van der Waals surface area contributed by atoms with Crippen molar-refractivity contribution in [2.75, 3.05) is 11.6 Å². The number of anilines is 1. The zero-order valence-corrected chi connectivity index (χ0v) is 12.2. The number of rotatable bonds is 4. The minimum atomic E-state index is -3.22. The van der Waals surface area contributed by atoms with Crippen LogP contribution in [-0.2, 0) is 16.4 Å². The largest absolute Gasteiger partial charge is 0.508 e. The van der Waals surface area contributed by atoms with E-state index in [4.69, 9.17) is 0 Å². The third-order valence-corrected chi connectivity index (χ3v) is 4.21. The van der Waals surface area contributed by atoms with Gasteiger partial charge in [-0.05, 0) is 30.7 Å². The van der Waals surface area contributed by atoms with Crippen LogP contribution in [0.5, 0.6) is 5.75 Å². The van der Waals surface area contributed by atoms with Gasteiger partial charge in [-0.25, -0.2) is 8.42 Å². The van der Waals surface area contributed by atoms with E-state index >= 15 is 0 Å². The number of phenols is 1. The van der Waals surface area contributed by atoms with Gasteiger partial charge in [0.15, 0.2) is 9.84 Å². The number of benzene rings is 2. The second kappa shape index (κ2) is 5.54. The summed E-state index contributed by atoms with van der Waals surface area (Å²) in [6.07, 6.45) is 1.18. The molecule has 4 nitrogen and oxygen atoms in total. The Morgan fingerprint density at radius 2 is 1.85 bits per heavy atom. The number of hydrogen-bond acceptors (Lipinski definition) is 4. The molecule has 106 valence electrons. The van der Waals surface area contributed by atoms with Crippen molar-refractivity contribution in [3.63, 3.8) is 0 Å². The third kappa shape index (κ3) is 3.30. The van der Waals surface area contributed by atoms with Gasteiger partial charge in [-0.1, -0.05) is 24.3 Å². The van der Waals surface area contributed by atoms with Crippen LogP contribution in [0.1, 0.15) is 11.1 Å². The molecule has 0 aliphatic carbocycles. The normalized spacial score (nSPS) is 11.3. The standard InChI is InChI=1S/C15H17NO3S/c1-11-7-8-13(20(2,18)19)9-14(11)16-10-12-5-3-4-6-15(12)17/h3-9,16-17H,10H2,1-2H3. The van der Waals surface area contributed by atoms with E-state index < -0.39 is 9.84 Å². The molecule has 0 saturated heterocycles. The van der Waals surface area contributed by atoms with Crippen molar-refractivity contribution in [2.24, 2.45) is 0 Å². The molecule has 0 atom stereocenters. The van der Waals surface area contributed by atoms with Crippen LogP contribution in [0.25, 0.3) is 0 Å². The van der Waals surface area contributed by atoms with E-state index in [1.54, 1.807) is 30.3 Å². The summed E-state index contributed by atoms with van der Waals surface area (Å²) < 4.78 is 23.1. The van der Waals surface area contributed by atoms with Crippen molar-refractivity contribution in [3.05, 3.63) is 53.6 Å². The molecule has 0 amide bonds. The van der Waals surface area contributed by atoms with Gasteiger partial charge in [-0.3, -0.25) is 0 Å². The first kappa shape index (κ1) is 14.4. The fraction of sp³-hybridized carbons (Fsp3) is 0.200. The maximum absolute atomic E-state index is 11.6. The highest BCUT2D eigenvalue weighted by atomic mass is 32.2. The highest BCUT2D eigenvalue weighted by Gasteiger charge is 2.09. The van der Waals surface area contributed by atoms with Gasteiger partial charge < -0.3 is 10.4 Å². The summed E-state index contributed by atoms with van der Waals surface area (Å²) in [5.74, 6) is 0.219. The zero-order valence-electron chi connectivity index (χ0n) is 11.4. The predicted molar refractivity (Wildman–Crippen MR) is 79.7 cm³/mol. The number of phenolic OH excluding ortho intramolecular Hbond substituents is 1. The van der Waals surface area contributed by atoms with Gasteiger partial charge in [0.05, 0.1) is 4.90 Å². The van der Waals surface area contributed by atoms with Crippen LogP contribution in [0.3, 0.4) is 0 Å². The Bertz CT molecular complexity index is 724. The molecule has 5 heteroatoms. The molecular formula is C15H17NO3S. The topological polar surface area (TPSA) is 66.4 Å². The van der Waals surface area contributed by atoms with Crippen molar-refractivity contribution in [1.29, 1.82) is 0 Å². The lowest BCUT2D eigenvalue weighted by Gasteiger charge is -2.12. The maximum atomic E-state index is 11.6. The van der Waals surface area contributed by atoms with Gasteiger partial charge in [-0.2, -0.15) is 0 Å². The van der Waals surface area contributed by atoms with E-state index in [1.807, 2.05) is 19.1 Å². The first-order valence-corrected chi connectivity index (χ1v) is 8.08. The number of sulfone groups is 1. The lowest BCUT2D eigenvalue weighted by atomic mass is 10.1. The highest BCUT2D eigenvalue weighted by molar-refractivity contribution is 7.90. The average Bonchev–Trinajstić information content (AvgIpc) is 2.38. The SMILES string of the molecule is Cc1ccc(S(C)(=O)=O)cc1NCc1ccccc1O. The number of aryl methyl sites for hydroxylation is 1. The fourth-order valence-electron chi connectivity index (χ4n) is 1.87. The van der Waals surface area contributed by atoms with Crippen LogP contribution in [0, 0.1) is 6.92 Å². The Kier molecular flexibility index (Phi) is 3.99. The summed E-state index contributed by atoms with van der Waals surface area (Å²) in [6.45, 7) is 2.33. The Labute approximate surface area is 119 Å². The molecule has 0 aliphatic rings. The average molecular weight is 291 g/mol. The van der Waals surface area contributed by atoms with Crippen molar-refractivity contribution in [1.82, 2.24) is 0 Å². The van der Waals surface area contributed by atoms with Crippen molar-refractivity contribution < 1.29 is 13.5 Å². The minimum Gasteiger partial charge on any atom is -0.508 e. The van der Waals surface area contributed by atoms with E-state index in [-0.39, 0.29) is 10.6 Å². The Hall–Kier alpha value is -2.01. The molecule has 0 radical (unpaired) electrons. The molecule has 0 spiro atoms. The van der Waals surface area contributed by atoms with Crippen LogP contribution in [0.2, 0.25) is 0 Å². The van der Waals surface area contributed by atoms with Gasteiger partial charge in [0.25, 0.3) is 0 Å². The molecular weight excluding hydrogens is 274 g/mol. The molecule has 2 rings (SSSR count). The lowest BCUT2D eigenvalue weighted by Crippen LogP contribution is -2.04. The van der Waals surface area contributed by atoms with Gasteiger partial charge in [-0.15, -0.1) is 0 Å². The molecule has 0 saturated carbocycles. The molecule has 0 unspecified atom stereocenters. The fourth-order valence-corrected chi connectivity index (χ4v) is 2.52. The molecule has 2 aromatic carbocycles. The number of para-hydroxylation sites is 1. The Balaban J connectivity index is 2.24. The summed E-state index contributed by atoms with van der Waals surface area (Å²) in [6, 6.07) is 12.0. The molecule has 0 heterocycles. The summed E-state index contributed by atoms with van der Waals surface area (Å²) in [7, 11) is -3.22. The van der Waals surface area contributed by atoms with Crippen LogP contribution in [0.15, 0.2) is 47.4 Å². The molecule has 2 aromatic rings. The third-order valence-electron chi connectivity index (χ3n) is 3.10.